The molecular formula is C15H22N2O5S. The zero-order valence-corrected chi connectivity index (χ0v) is 13.9. The van der Waals surface area contributed by atoms with Crippen LogP contribution in [0.1, 0.15) is 6.42 Å². The summed E-state index contributed by atoms with van der Waals surface area (Å²) in [5, 5.41) is 5.36. The van der Waals surface area contributed by atoms with Gasteiger partial charge in [0.25, 0.3) is 0 Å². The third-order valence-electron chi connectivity index (χ3n) is 3.59. The van der Waals surface area contributed by atoms with E-state index in [-0.39, 0.29) is 23.5 Å². The van der Waals surface area contributed by atoms with Crippen molar-refractivity contribution in [1.29, 1.82) is 0 Å². The van der Waals surface area contributed by atoms with E-state index in [1.54, 1.807) is 19.2 Å². The molecule has 0 saturated carbocycles. The number of rotatable bonds is 7. The Labute approximate surface area is 136 Å². The molecule has 1 aliphatic rings. The van der Waals surface area contributed by atoms with Crippen LogP contribution in [0.25, 0.3) is 0 Å². The molecule has 8 heteroatoms. The van der Waals surface area contributed by atoms with Gasteiger partial charge in [-0.2, -0.15) is 0 Å². The first kappa shape index (κ1) is 17.4. The number of urea groups is 1. The Morgan fingerprint density at radius 2 is 2.00 bits per heavy atom. The van der Waals surface area contributed by atoms with Crippen LogP contribution in [0.2, 0.25) is 0 Å². The Morgan fingerprint density at radius 1 is 1.26 bits per heavy atom. The van der Waals surface area contributed by atoms with E-state index in [2.05, 4.69) is 10.6 Å². The van der Waals surface area contributed by atoms with Crippen molar-refractivity contribution in [1.82, 2.24) is 10.6 Å². The molecule has 0 spiro atoms. The van der Waals surface area contributed by atoms with Gasteiger partial charge in [-0.3, -0.25) is 0 Å². The smallest absolute Gasteiger partial charge is 0.314 e. The molecule has 128 valence electrons. The molecule has 1 heterocycles. The van der Waals surface area contributed by atoms with Gasteiger partial charge in [-0.1, -0.05) is 12.1 Å². The number of ether oxygens (including phenoxy) is 2. The van der Waals surface area contributed by atoms with Crippen molar-refractivity contribution in [2.24, 2.45) is 5.92 Å². The van der Waals surface area contributed by atoms with Crippen LogP contribution in [-0.4, -0.2) is 52.8 Å². The van der Waals surface area contributed by atoms with Crippen molar-refractivity contribution in [3.8, 4) is 11.5 Å². The van der Waals surface area contributed by atoms with Crippen molar-refractivity contribution >= 4 is 15.9 Å². The van der Waals surface area contributed by atoms with Gasteiger partial charge in [0.05, 0.1) is 25.2 Å². The average Bonchev–Trinajstić information content (AvgIpc) is 2.89. The normalized spacial score (nSPS) is 19.1. The molecular weight excluding hydrogens is 320 g/mol. The lowest BCUT2D eigenvalue weighted by Gasteiger charge is -2.12. The number of para-hydroxylation sites is 2. The molecule has 1 fully saturated rings. The zero-order chi connectivity index (χ0) is 16.7. The van der Waals surface area contributed by atoms with E-state index in [1.165, 1.54) is 0 Å². The van der Waals surface area contributed by atoms with E-state index in [9.17, 15) is 13.2 Å². The maximum absolute atomic E-state index is 11.6. The van der Waals surface area contributed by atoms with Gasteiger partial charge in [-0.05, 0) is 24.5 Å². The Hall–Kier alpha value is -1.96. The van der Waals surface area contributed by atoms with Crippen LogP contribution in [0.15, 0.2) is 24.3 Å². The summed E-state index contributed by atoms with van der Waals surface area (Å²) in [6.07, 6.45) is 0.611. The molecule has 1 aromatic carbocycles. The first-order valence-corrected chi connectivity index (χ1v) is 9.30. The van der Waals surface area contributed by atoms with Crippen LogP contribution < -0.4 is 20.1 Å². The van der Waals surface area contributed by atoms with Gasteiger partial charge in [-0.15, -0.1) is 0 Å². The van der Waals surface area contributed by atoms with Crippen molar-refractivity contribution in [3.63, 3.8) is 0 Å². The summed E-state index contributed by atoms with van der Waals surface area (Å²) >= 11 is 0. The van der Waals surface area contributed by atoms with E-state index < -0.39 is 9.84 Å². The Bertz CT molecular complexity index is 633. The van der Waals surface area contributed by atoms with Crippen molar-refractivity contribution in [2.75, 3.05) is 38.3 Å². The summed E-state index contributed by atoms with van der Waals surface area (Å²) in [5.74, 6) is 1.64. The number of sulfone groups is 1. The van der Waals surface area contributed by atoms with E-state index in [0.717, 1.165) is 0 Å². The number of carbonyl (C=O) groups excluding carboxylic acids is 1. The number of hydrogen-bond donors (Lipinski definition) is 2. The average molecular weight is 342 g/mol. The molecule has 0 bridgehead atoms. The third-order valence-corrected chi connectivity index (χ3v) is 5.43. The molecule has 2 N–H and O–H groups in total. The number of methoxy groups -OCH3 is 1. The standard InChI is InChI=1S/C15H22N2O5S/c1-21-13-4-2-3-5-14(13)22-8-7-16-15(18)17-10-12-6-9-23(19,20)11-12/h2-5,12H,6-11H2,1H3,(H2,16,17,18). The lowest BCUT2D eigenvalue weighted by Crippen LogP contribution is -2.40. The fourth-order valence-corrected chi connectivity index (χ4v) is 4.26. The number of benzene rings is 1. The first-order valence-electron chi connectivity index (χ1n) is 7.48. The highest BCUT2D eigenvalue weighted by atomic mass is 32.2. The van der Waals surface area contributed by atoms with Crippen LogP contribution in [0.5, 0.6) is 11.5 Å². The SMILES string of the molecule is COc1ccccc1OCCNC(=O)NCC1CCS(=O)(=O)C1. The number of hydrogen-bond acceptors (Lipinski definition) is 5. The zero-order valence-electron chi connectivity index (χ0n) is 13.1. The molecule has 0 aliphatic carbocycles. The van der Waals surface area contributed by atoms with Crippen LogP contribution >= 0.6 is 0 Å². The maximum atomic E-state index is 11.6. The van der Waals surface area contributed by atoms with Crippen molar-refractivity contribution < 1.29 is 22.7 Å². The molecule has 2 rings (SSSR count). The van der Waals surface area contributed by atoms with Crippen molar-refractivity contribution in [2.45, 2.75) is 6.42 Å². The first-order chi connectivity index (χ1) is 11.0. The Kier molecular flexibility index (Phi) is 6.09. The Morgan fingerprint density at radius 3 is 2.65 bits per heavy atom. The van der Waals surface area contributed by atoms with Crippen LogP contribution in [0, 0.1) is 5.92 Å². The minimum Gasteiger partial charge on any atom is -0.493 e. The number of amides is 2. The topological polar surface area (TPSA) is 93.7 Å². The van der Waals surface area contributed by atoms with Gasteiger partial charge >= 0.3 is 6.03 Å². The Balaban J connectivity index is 1.62. The fourth-order valence-electron chi connectivity index (χ4n) is 2.40. The molecule has 0 aromatic heterocycles. The highest BCUT2D eigenvalue weighted by molar-refractivity contribution is 7.91. The molecule has 2 amide bonds. The minimum atomic E-state index is -2.91. The largest absolute Gasteiger partial charge is 0.493 e. The quantitative estimate of drug-likeness (QED) is 0.715. The van der Waals surface area contributed by atoms with E-state index in [4.69, 9.17) is 9.47 Å². The molecule has 7 nitrogen and oxygen atoms in total. The van der Waals surface area contributed by atoms with Crippen LogP contribution in [-0.2, 0) is 9.84 Å². The molecule has 23 heavy (non-hydrogen) atoms. The molecule has 1 atom stereocenters. The highest BCUT2D eigenvalue weighted by Gasteiger charge is 2.27. The van der Waals surface area contributed by atoms with Gasteiger partial charge in [0.2, 0.25) is 0 Å². The van der Waals surface area contributed by atoms with Gasteiger partial charge in [-0.25, -0.2) is 13.2 Å². The second-order valence-electron chi connectivity index (χ2n) is 5.41. The molecule has 1 saturated heterocycles. The molecule has 0 radical (unpaired) electrons. The summed E-state index contributed by atoms with van der Waals surface area (Å²) in [5.41, 5.74) is 0. The predicted molar refractivity (Wildman–Crippen MR) is 86.7 cm³/mol. The second kappa shape index (κ2) is 8.05. The minimum absolute atomic E-state index is 0.00980. The molecule has 1 unspecified atom stereocenters. The van der Waals surface area contributed by atoms with Crippen LogP contribution in [0.3, 0.4) is 0 Å². The van der Waals surface area contributed by atoms with Gasteiger partial charge in [0, 0.05) is 6.54 Å². The number of nitrogens with one attached hydrogen (secondary N) is 2. The van der Waals surface area contributed by atoms with E-state index >= 15 is 0 Å². The second-order valence-corrected chi connectivity index (χ2v) is 7.63. The summed E-state index contributed by atoms with van der Waals surface area (Å²) in [4.78, 5) is 11.6. The van der Waals surface area contributed by atoms with Gasteiger partial charge in [0.1, 0.15) is 6.61 Å². The lowest BCUT2D eigenvalue weighted by atomic mass is 10.1. The highest BCUT2D eigenvalue weighted by Crippen LogP contribution is 2.25. The summed E-state index contributed by atoms with van der Waals surface area (Å²) in [7, 11) is -1.34. The summed E-state index contributed by atoms with van der Waals surface area (Å²) < 4.78 is 33.4. The lowest BCUT2D eigenvalue weighted by molar-refractivity contribution is 0.234. The van der Waals surface area contributed by atoms with Crippen LogP contribution in [0.4, 0.5) is 4.79 Å². The maximum Gasteiger partial charge on any atom is 0.314 e. The summed E-state index contributed by atoms with van der Waals surface area (Å²) in [6, 6.07) is 6.96. The molecule has 1 aromatic rings. The molecule has 1 aliphatic heterocycles. The number of carbonyl (C=O) groups is 1. The third kappa shape index (κ3) is 5.63. The predicted octanol–water partition coefficient (Wildman–Crippen LogP) is 0.808. The van der Waals surface area contributed by atoms with Gasteiger partial charge < -0.3 is 20.1 Å². The summed E-state index contributed by atoms with van der Waals surface area (Å²) in [6.45, 7) is 1.02. The van der Waals surface area contributed by atoms with E-state index in [0.29, 0.717) is 37.6 Å². The van der Waals surface area contributed by atoms with Crippen molar-refractivity contribution in [3.05, 3.63) is 24.3 Å². The monoisotopic (exact) mass is 342 g/mol. The van der Waals surface area contributed by atoms with E-state index in [1.807, 2.05) is 12.1 Å². The van der Waals surface area contributed by atoms with Gasteiger partial charge in [0.15, 0.2) is 21.3 Å². The fraction of sp³-hybridized carbons (Fsp3) is 0.533.